The number of carbonyl (C=O) groups is 1. The SMILES string of the molecule is CCOC(=O)Cn1cccc(C(N)=S)c1=O. The van der Waals surface area contributed by atoms with Crippen molar-refractivity contribution in [1.82, 2.24) is 4.57 Å². The fourth-order valence-corrected chi connectivity index (χ4v) is 1.35. The van der Waals surface area contributed by atoms with Crippen molar-refractivity contribution in [2.75, 3.05) is 6.61 Å². The van der Waals surface area contributed by atoms with Crippen molar-refractivity contribution in [3.8, 4) is 0 Å². The van der Waals surface area contributed by atoms with Crippen LogP contribution in [0.4, 0.5) is 0 Å². The first-order valence-electron chi connectivity index (χ1n) is 4.71. The van der Waals surface area contributed by atoms with Crippen LogP contribution in [0.3, 0.4) is 0 Å². The molecule has 1 aromatic heterocycles. The minimum atomic E-state index is -0.468. The van der Waals surface area contributed by atoms with Gasteiger partial charge in [-0.15, -0.1) is 0 Å². The standard InChI is InChI=1S/C10H12N2O3S/c1-2-15-8(13)6-12-5-3-4-7(9(11)16)10(12)14/h3-5H,2,6H2,1H3,(H2,11,16). The Hall–Kier alpha value is -1.69. The van der Waals surface area contributed by atoms with E-state index in [-0.39, 0.29) is 29.3 Å². The Morgan fingerprint density at radius 1 is 1.62 bits per heavy atom. The fourth-order valence-electron chi connectivity index (χ4n) is 1.19. The van der Waals surface area contributed by atoms with Crippen LogP contribution >= 0.6 is 12.2 Å². The highest BCUT2D eigenvalue weighted by Gasteiger charge is 2.08. The Bertz CT molecular complexity index is 467. The molecule has 1 aromatic rings. The maximum Gasteiger partial charge on any atom is 0.326 e. The summed E-state index contributed by atoms with van der Waals surface area (Å²) in [5.74, 6) is -0.468. The van der Waals surface area contributed by atoms with Crippen LogP contribution in [0.1, 0.15) is 12.5 Å². The fraction of sp³-hybridized carbons (Fsp3) is 0.300. The number of esters is 1. The average Bonchev–Trinajstić information content (AvgIpc) is 2.21. The summed E-state index contributed by atoms with van der Waals surface area (Å²) in [5, 5.41) is 0. The van der Waals surface area contributed by atoms with Gasteiger partial charge in [0, 0.05) is 6.20 Å². The molecule has 0 unspecified atom stereocenters. The molecule has 0 amide bonds. The van der Waals surface area contributed by atoms with Crippen LogP contribution in [0.2, 0.25) is 0 Å². The molecule has 6 heteroatoms. The van der Waals surface area contributed by atoms with Crippen LogP contribution in [-0.2, 0) is 16.1 Å². The molecule has 0 atom stereocenters. The third-order valence-electron chi connectivity index (χ3n) is 1.89. The van der Waals surface area contributed by atoms with Gasteiger partial charge in [0.15, 0.2) is 0 Å². The summed E-state index contributed by atoms with van der Waals surface area (Å²) in [7, 11) is 0. The van der Waals surface area contributed by atoms with E-state index in [0.29, 0.717) is 0 Å². The minimum Gasteiger partial charge on any atom is -0.465 e. The van der Waals surface area contributed by atoms with Crippen LogP contribution < -0.4 is 11.3 Å². The van der Waals surface area contributed by atoms with Gasteiger partial charge in [-0.3, -0.25) is 9.59 Å². The summed E-state index contributed by atoms with van der Waals surface area (Å²) in [4.78, 5) is 23.0. The van der Waals surface area contributed by atoms with Gasteiger partial charge in [0.2, 0.25) is 0 Å². The largest absolute Gasteiger partial charge is 0.465 e. The second kappa shape index (κ2) is 5.41. The van der Waals surface area contributed by atoms with E-state index in [1.165, 1.54) is 16.8 Å². The molecule has 86 valence electrons. The lowest BCUT2D eigenvalue weighted by Crippen LogP contribution is -2.30. The number of hydrogen-bond donors (Lipinski definition) is 1. The second-order valence-electron chi connectivity index (χ2n) is 3.02. The molecular weight excluding hydrogens is 228 g/mol. The summed E-state index contributed by atoms with van der Waals surface area (Å²) in [6.45, 7) is 1.85. The molecule has 0 spiro atoms. The monoisotopic (exact) mass is 240 g/mol. The van der Waals surface area contributed by atoms with E-state index < -0.39 is 5.97 Å². The molecule has 1 heterocycles. The molecule has 16 heavy (non-hydrogen) atoms. The van der Waals surface area contributed by atoms with Crippen molar-refractivity contribution in [3.05, 3.63) is 34.2 Å². The zero-order valence-corrected chi connectivity index (χ0v) is 9.62. The highest BCUT2D eigenvalue weighted by Crippen LogP contribution is 1.93. The number of ether oxygens (including phenoxy) is 1. The third-order valence-corrected chi connectivity index (χ3v) is 2.11. The summed E-state index contributed by atoms with van der Waals surface area (Å²) in [6, 6.07) is 3.13. The number of rotatable bonds is 4. The third kappa shape index (κ3) is 2.90. The Morgan fingerprint density at radius 2 is 2.31 bits per heavy atom. The number of nitrogens with two attached hydrogens (primary N) is 1. The van der Waals surface area contributed by atoms with E-state index >= 15 is 0 Å². The molecule has 0 bridgehead atoms. The quantitative estimate of drug-likeness (QED) is 0.594. The first-order valence-corrected chi connectivity index (χ1v) is 5.12. The number of thiocarbonyl (C=S) groups is 1. The first kappa shape index (κ1) is 12.4. The lowest BCUT2D eigenvalue weighted by Gasteiger charge is -2.06. The highest BCUT2D eigenvalue weighted by molar-refractivity contribution is 7.80. The number of hydrogen-bond acceptors (Lipinski definition) is 4. The van der Waals surface area contributed by atoms with E-state index in [2.05, 4.69) is 0 Å². The van der Waals surface area contributed by atoms with Gasteiger partial charge >= 0.3 is 5.97 Å². The lowest BCUT2D eigenvalue weighted by molar-refractivity contribution is -0.143. The van der Waals surface area contributed by atoms with Gasteiger partial charge in [-0.05, 0) is 19.1 Å². The van der Waals surface area contributed by atoms with Crippen molar-refractivity contribution >= 4 is 23.2 Å². The predicted octanol–water partition coefficient (Wildman–Crippen LogP) is 0.0456. The van der Waals surface area contributed by atoms with Gasteiger partial charge in [-0.25, -0.2) is 0 Å². The predicted molar refractivity (Wildman–Crippen MR) is 63.2 cm³/mol. The number of nitrogens with zero attached hydrogens (tertiary/aromatic N) is 1. The molecule has 0 radical (unpaired) electrons. The van der Waals surface area contributed by atoms with E-state index in [1.807, 2.05) is 0 Å². The Morgan fingerprint density at radius 3 is 2.88 bits per heavy atom. The Kier molecular flexibility index (Phi) is 4.19. The van der Waals surface area contributed by atoms with E-state index in [0.717, 1.165) is 0 Å². The molecule has 0 aromatic carbocycles. The zero-order valence-electron chi connectivity index (χ0n) is 8.80. The van der Waals surface area contributed by atoms with Gasteiger partial charge in [0.1, 0.15) is 11.5 Å². The van der Waals surface area contributed by atoms with Gasteiger partial charge < -0.3 is 15.0 Å². The van der Waals surface area contributed by atoms with Crippen molar-refractivity contribution in [3.63, 3.8) is 0 Å². The topological polar surface area (TPSA) is 74.3 Å². The summed E-state index contributed by atoms with van der Waals surface area (Å²) < 4.78 is 5.95. The summed E-state index contributed by atoms with van der Waals surface area (Å²) in [6.07, 6.45) is 1.49. The molecule has 2 N–H and O–H groups in total. The molecule has 0 fully saturated rings. The van der Waals surface area contributed by atoms with Crippen molar-refractivity contribution in [2.45, 2.75) is 13.5 Å². The van der Waals surface area contributed by atoms with E-state index in [9.17, 15) is 9.59 Å². The molecule has 0 aliphatic heterocycles. The number of aromatic nitrogens is 1. The second-order valence-corrected chi connectivity index (χ2v) is 3.46. The smallest absolute Gasteiger partial charge is 0.326 e. The molecule has 0 aliphatic carbocycles. The van der Waals surface area contributed by atoms with Crippen molar-refractivity contribution < 1.29 is 9.53 Å². The summed E-state index contributed by atoms with van der Waals surface area (Å²) in [5.41, 5.74) is 5.21. The van der Waals surface area contributed by atoms with Crippen LogP contribution in [0.25, 0.3) is 0 Å². The van der Waals surface area contributed by atoms with Crippen molar-refractivity contribution in [2.24, 2.45) is 5.73 Å². The number of pyridine rings is 1. The van der Waals surface area contributed by atoms with Gasteiger partial charge in [-0.2, -0.15) is 0 Å². The number of carbonyl (C=O) groups excluding carboxylic acids is 1. The molecule has 1 rings (SSSR count). The average molecular weight is 240 g/mol. The molecule has 0 aliphatic rings. The molecular formula is C10H12N2O3S. The van der Waals surface area contributed by atoms with Crippen LogP contribution in [-0.4, -0.2) is 22.1 Å². The minimum absolute atomic E-state index is 0.0169. The Balaban J connectivity index is 2.98. The van der Waals surface area contributed by atoms with Crippen molar-refractivity contribution in [1.29, 1.82) is 0 Å². The highest BCUT2D eigenvalue weighted by atomic mass is 32.1. The normalized spacial score (nSPS) is 9.81. The van der Waals surface area contributed by atoms with Gasteiger partial charge in [0.05, 0.1) is 12.2 Å². The zero-order chi connectivity index (χ0) is 12.1. The van der Waals surface area contributed by atoms with Crippen LogP contribution in [0.15, 0.2) is 23.1 Å². The maximum absolute atomic E-state index is 11.7. The summed E-state index contributed by atoms with van der Waals surface area (Å²) >= 11 is 4.72. The maximum atomic E-state index is 11.7. The van der Waals surface area contributed by atoms with E-state index in [1.54, 1.807) is 13.0 Å². The van der Waals surface area contributed by atoms with E-state index in [4.69, 9.17) is 22.7 Å². The van der Waals surface area contributed by atoms with Crippen LogP contribution in [0, 0.1) is 0 Å². The molecule has 0 saturated carbocycles. The van der Waals surface area contributed by atoms with Gasteiger partial charge in [-0.1, -0.05) is 12.2 Å². The molecule has 0 saturated heterocycles. The lowest BCUT2D eigenvalue weighted by atomic mass is 10.3. The molecule has 5 nitrogen and oxygen atoms in total. The Labute approximate surface area is 97.8 Å². The van der Waals surface area contributed by atoms with Gasteiger partial charge in [0.25, 0.3) is 5.56 Å². The van der Waals surface area contributed by atoms with Crippen LogP contribution in [0.5, 0.6) is 0 Å². The first-order chi connectivity index (χ1) is 7.56.